The van der Waals surface area contributed by atoms with Gasteiger partial charge >= 0.3 is 0 Å². The summed E-state index contributed by atoms with van der Waals surface area (Å²) >= 11 is 0. The minimum atomic E-state index is 0.323. The highest BCUT2D eigenvalue weighted by atomic mass is 16.5. The van der Waals surface area contributed by atoms with Crippen LogP contribution in [0.25, 0.3) is 0 Å². The number of hydrogen-bond donors (Lipinski definition) is 1. The van der Waals surface area contributed by atoms with E-state index in [1.807, 2.05) is 96.9 Å². The zero-order chi connectivity index (χ0) is 63.8. The molecule has 9 heteroatoms. The quantitative estimate of drug-likeness (QED) is 0.239. The maximum absolute atomic E-state index is 5.25. The number of morpholine rings is 1. The van der Waals surface area contributed by atoms with Gasteiger partial charge in [-0.05, 0) is 243 Å². The van der Waals surface area contributed by atoms with E-state index in [-0.39, 0.29) is 0 Å². The highest BCUT2D eigenvalue weighted by molar-refractivity contribution is 4.86. The van der Waals surface area contributed by atoms with Gasteiger partial charge in [-0.1, -0.05) is 116 Å². The highest BCUT2D eigenvalue weighted by Gasteiger charge is 2.30. The van der Waals surface area contributed by atoms with Gasteiger partial charge in [-0.25, -0.2) is 0 Å². The van der Waals surface area contributed by atoms with Crippen LogP contribution in [0.15, 0.2) is 0 Å². The summed E-state index contributed by atoms with van der Waals surface area (Å²) < 4.78 is 5.25. The highest BCUT2D eigenvalue weighted by Crippen LogP contribution is 2.23. The van der Waals surface area contributed by atoms with Gasteiger partial charge in [-0.2, -0.15) is 0 Å². The molecule has 0 aliphatic carbocycles. The lowest BCUT2D eigenvalue weighted by Gasteiger charge is -2.42. The van der Waals surface area contributed by atoms with Gasteiger partial charge in [0.2, 0.25) is 0 Å². The number of hydrogen-bond acceptors (Lipinski definition) is 9. The predicted octanol–water partition coefficient (Wildman–Crippen LogP) is 18.4. The molecular weight excluding hydrogens is 969 g/mol. The lowest BCUT2D eigenvalue weighted by molar-refractivity contribution is -0.00389. The Bertz CT molecular complexity index is 1090. The van der Waals surface area contributed by atoms with E-state index in [0.717, 1.165) is 39.4 Å². The zero-order valence-corrected chi connectivity index (χ0v) is 62.3. The van der Waals surface area contributed by atoms with Gasteiger partial charge < -0.3 is 10.1 Å². The number of likely N-dealkylation sites (tertiary alicyclic amines) is 4. The molecule has 0 aromatic heterocycles. The normalized spacial score (nSPS) is 19.5. The van der Waals surface area contributed by atoms with E-state index in [9.17, 15) is 0 Å². The van der Waals surface area contributed by atoms with Gasteiger partial charge in [0.1, 0.15) is 0 Å². The molecule has 7 heterocycles. The van der Waals surface area contributed by atoms with Crippen molar-refractivity contribution in [2.75, 3.05) is 118 Å². The summed E-state index contributed by atoms with van der Waals surface area (Å²) in [5, 5.41) is 3.35. The predicted molar refractivity (Wildman–Crippen MR) is 369 cm³/mol. The van der Waals surface area contributed by atoms with Crippen LogP contribution in [0.1, 0.15) is 307 Å². The Morgan fingerprint density at radius 1 is 0.203 bits per heavy atom. The molecule has 488 valence electrons. The van der Waals surface area contributed by atoms with Gasteiger partial charge in [-0.3, -0.25) is 34.3 Å². The monoisotopic (exact) mass is 1130 g/mol. The molecule has 0 aromatic rings. The van der Waals surface area contributed by atoms with Gasteiger partial charge in [0.15, 0.2) is 0 Å². The molecule has 0 saturated carbocycles. The van der Waals surface area contributed by atoms with Crippen LogP contribution in [0.2, 0.25) is 0 Å². The fourth-order valence-electron chi connectivity index (χ4n) is 8.97. The van der Waals surface area contributed by atoms with Crippen LogP contribution < -0.4 is 5.32 Å². The van der Waals surface area contributed by atoms with Crippen LogP contribution in [0.5, 0.6) is 0 Å². The van der Waals surface area contributed by atoms with Crippen LogP contribution in [-0.2, 0) is 4.74 Å². The Morgan fingerprint density at radius 3 is 0.519 bits per heavy atom. The Labute approximate surface area is 505 Å². The topological polar surface area (TPSA) is 43.7 Å². The molecule has 0 aromatic carbocycles. The standard InChI is InChI=1S/C10H21N.C9H19N.C8H18N2.C8H17NO.C8H17N.C7H15N.C6H13N.7C2H6/c1-10(2,3)11-8-6-4-5-7-9-11;1-9(2,3)10-7-5-4-6-8-10;1-8(2,3)10-6-4-9-5-7-10;1-8(2,3)9-4-6-10-7-5-9;1-8(2,3)9-6-4-5-7-9;1-7(2,3)8-5-4-6-8;1-6(2,3)7-4-5-7;7*1-2/h4-9H2,1-3H3;4-8H2,1-3H3;9H,4-7H2,1-3H3;4-7H2,1-3H3;4-7H2,1-3H3;4-6H2,1-3H3;4-5H2,1-3H3;7*1-2H3. The van der Waals surface area contributed by atoms with Crippen molar-refractivity contribution in [3.8, 4) is 0 Å². The molecule has 0 atom stereocenters. The van der Waals surface area contributed by atoms with Crippen LogP contribution in [-0.4, -0.2) is 191 Å². The second-order valence-electron chi connectivity index (χ2n) is 27.0. The van der Waals surface area contributed by atoms with Crippen molar-refractivity contribution in [2.24, 2.45) is 0 Å². The molecule has 79 heavy (non-hydrogen) atoms. The average Bonchev–Trinajstić information content (AvgIpc) is 4.19. The maximum atomic E-state index is 5.25. The Balaban J connectivity index is -0.000000148. The first-order valence-corrected chi connectivity index (χ1v) is 34.3. The fourth-order valence-corrected chi connectivity index (χ4v) is 8.97. The second-order valence-corrected chi connectivity index (χ2v) is 27.0. The molecule has 7 rings (SSSR count). The van der Waals surface area contributed by atoms with E-state index in [2.05, 4.69) is 185 Å². The summed E-state index contributed by atoms with van der Waals surface area (Å²) in [7, 11) is 0. The van der Waals surface area contributed by atoms with Crippen molar-refractivity contribution in [2.45, 2.75) is 345 Å². The van der Waals surface area contributed by atoms with E-state index in [0.29, 0.717) is 38.8 Å². The molecule has 7 saturated heterocycles. The average molecular weight is 1130 g/mol. The van der Waals surface area contributed by atoms with Crippen molar-refractivity contribution in [1.82, 2.24) is 39.6 Å². The second kappa shape index (κ2) is 53.1. The summed E-state index contributed by atoms with van der Waals surface area (Å²) in [6.45, 7) is 97.6. The molecule has 0 radical (unpaired) electrons. The summed E-state index contributed by atoms with van der Waals surface area (Å²) in [5.74, 6) is 0. The number of rotatable bonds is 0. The summed E-state index contributed by atoms with van der Waals surface area (Å²) in [4.78, 5) is 17.6. The molecule has 0 amide bonds. The molecule has 0 spiro atoms. The van der Waals surface area contributed by atoms with Crippen LogP contribution >= 0.6 is 0 Å². The minimum absolute atomic E-state index is 0.323. The number of piperazine rings is 1. The third kappa shape index (κ3) is 54.1. The fraction of sp³-hybridized carbons (Fsp3) is 1.00. The number of piperidine rings is 1. The van der Waals surface area contributed by atoms with E-state index < -0.39 is 0 Å². The van der Waals surface area contributed by atoms with Crippen molar-refractivity contribution in [1.29, 1.82) is 0 Å². The molecule has 7 aliphatic rings. The summed E-state index contributed by atoms with van der Waals surface area (Å²) in [6.07, 6.45) is 14.1. The Hall–Kier alpha value is -0.360. The first-order chi connectivity index (χ1) is 36.7. The molecule has 1 N–H and O–H groups in total. The third-order valence-electron chi connectivity index (χ3n) is 14.1. The van der Waals surface area contributed by atoms with Crippen LogP contribution in [0.4, 0.5) is 0 Å². The van der Waals surface area contributed by atoms with E-state index in [1.54, 1.807) is 0 Å². The van der Waals surface area contributed by atoms with Crippen molar-refractivity contribution >= 4 is 0 Å². The van der Waals surface area contributed by atoms with Crippen LogP contribution in [0.3, 0.4) is 0 Å². The number of nitrogens with one attached hydrogen (secondary N) is 1. The van der Waals surface area contributed by atoms with Gasteiger partial charge in [0.05, 0.1) is 13.2 Å². The molecule has 0 unspecified atom stereocenters. The largest absolute Gasteiger partial charge is 0.379 e. The van der Waals surface area contributed by atoms with E-state index >= 15 is 0 Å². The van der Waals surface area contributed by atoms with Crippen molar-refractivity contribution in [3.05, 3.63) is 0 Å². The zero-order valence-electron chi connectivity index (χ0n) is 62.3. The Kier molecular flexibility index (Phi) is 62.1. The Morgan fingerprint density at radius 2 is 0.367 bits per heavy atom. The lowest BCUT2D eigenvalue weighted by Crippen LogP contribution is -2.51. The van der Waals surface area contributed by atoms with E-state index in [1.165, 1.54) is 143 Å². The van der Waals surface area contributed by atoms with Gasteiger partial charge in [0, 0.05) is 91.1 Å². The summed E-state index contributed by atoms with van der Waals surface area (Å²) in [5.41, 5.74) is 2.77. The molecular formula is C70H162N8O. The minimum Gasteiger partial charge on any atom is -0.379 e. The maximum Gasteiger partial charge on any atom is 0.0594 e. The molecule has 7 fully saturated rings. The van der Waals surface area contributed by atoms with Crippen LogP contribution in [0, 0.1) is 0 Å². The van der Waals surface area contributed by atoms with Crippen molar-refractivity contribution < 1.29 is 4.74 Å². The summed E-state index contributed by atoms with van der Waals surface area (Å²) in [6, 6.07) is 0. The first kappa shape index (κ1) is 92.4. The smallest absolute Gasteiger partial charge is 0.0594 e. The SMILES string of the molecule is CC.CC.CC.CC.CC.CC.CC.CC(C)(C)N1CC1.CC(C)(C)N1CCC1.CC(C)(C)N1CCCC1.CC(C)(C)N1CCCCC1.CC(C)(C)N1CCCCCC1.CC(C)(C)N1CCNCC1.CC(C)(C)N1CCOCC1. The lowest BCUT2D eigenvalue weighted by atomic mass is 10.0. The number of ether oxygens (including phenoxy) is 1. The van der Waals surface area contributed by atoms with E-state index in [4.69, 9.17) is 4.74 Å². The molecule has 7 aliphatic heterocycles. The van der Waals surface area contributed by atoms with Crippen molar-refractivity contribution in [3.63, 3.8) is 0 Å². The molecule has 9 nitrogen and oxygen atoms in total. The third-order valence-corrected chi connectivity index (χ3v) is 14.1. The first-order valence-electron chi connectivity index (χ1n) is 34.3. The van der Waals surface area contributed by atoms with Gasteiger partial charge in [0.25, 0.3) is 0 Å². The number of nitrogens with zero attached hydrogens (tertiary/aromatic N) is 7. The molecule has 0 bridgehead atoms. The van der Waals surface area contributed by atoms with Gasteiger partial charge in [-0.15, -0.1) is 0 Å².